The van der Waals surface area contributed by atoms with E-state index in [-0.39, 0.29) is 5.02 Å². The van der Waals surface area contributed by atoms with Gasteiger partial charge in [0, 0.05) is 5.56 Å². The van der Waals surface area contributed by atoms with Crippen molar-refractivity contribution in [1.29, 1.82) is 0 Å². The lowest BCUT2D eigenvalue weighted by atomic mass is 10.2. The average molecular weight is 314 g/mol. The quantitative estimate of drug-likeness (QED) is 0.712. The molecule has 0 aromatic heterocycles. The molecule has 0 bridgehead atoms. The summed E-state index contributed by atoms with van der Waals surface area (Å²) in [4.78, 5) is 0. The molecule has 0 amide bonds. The van der Waals surface area contributed by atoms with Gasteiger partial charge in [-0.25, -0.2) is 4.39 Å². The smallest absolute Gasteiger partial charge is 0.149 e. The molecule has 0 aliphatic heterocycles. The predicted octanol–water partition coefficient (Wildman–Crippen LogP) is 4.57. The first-order valence-corrected chi connectivity index (χ1v) is 5.04. The molecule has 0 nitrogen and oxygen atoms in total. The Morgan fingerprint density at radius 3 is 2.67 bits per heavy atom. The molecule has 0 saturated heterocycles. The second-order valence-electron chi connectivity index (χ2n) is 2.08. The van der Waals surface area contributed by atoms with Crippen molar-refractivity contribution in [1.82, 2.24) is 0 Å². The summed E-state index contributed by atoms with van der Waals surface area (Å²) in [5.41, 5.74) is 0.450. The number of rotatable bonds is 1. The highest BCUT2D eigenvalue weighted by Crippen LogP contribution is 2.23. The van der Waals surface area contributed by atoms with Crippen LogP contribution >= 0.6 is 43.5 Å². The van der Waals surface area contributed by atoms with Crippen LogP contribution < -0.4 is 0 Å². The lowest BCUT2D eigenvalue weighted by Gasteiger charge is -1.97. The normalized spacial score (nSPS) is 9.67. The monoisotopic (exact) mass is 312 g/mol. The summed E-state index contributed by atoms with van der Waals surface area (Å²) in [7, 11) is 0. The maximum absolute atomic E-state index is 13.1. The van der Waals surface area contributed by atoms with Crippen molar-refractivity contribution in [2.45, 2.75) is 0 Å². The van der Waals surface area contributed by atoms with Gasteiger partial charge >= 0.3 is 0 Å². The molecule has 0 atom stereocenters. The van der Waals surface area contributed by atoms with E-state index in [0.717, 1.165) is 0 Å². The highest BCUT2D eigenvalue weighted by molar-refractivity contribution is 9.28. The fourth-order valence-electron chi connectivity index (χ4n) is 0.750. The molecular formula is C8H4Br2ClF. The van der Waals surface area contributed by atoms with Gasteiger partial charge in [0.1, 0.15) is 5.82 Å². The summed E-state index contributed by atoms with van der Waals surface area (Å²) in [5, 5.41) is 0.130. The first-order chi connectivity index (χ1) is 5.61. The molecule has 4 heteroatoms. The summed E-state index contributed by atoms with van der Waals surface area (Å²) in [6.07, 6.45) is 1.60. The average Bonchev–Trinajstić information content (AvgIpc) is 1.98. The molecule has 0 spiro atoms. The first kappa shape index (κ1) is 10.2. The molecule has 64 valence electrons. The van der Waals surface area contributed by atoms with Crippen molar-refractivity contribution in [2.75, 3.05) is 0 Å². The third-order valence-corrected chi connectivity index (χ3v) is 2.00. The van der Waals surface area contributed by atoms with Crippen LogP contribution in [0, 0.1) is 5.82 Å². The van der Waals surface area contributed by atoms with E-state index in [0.29, 0.717) is 8.96 Å². The van der Waals surface area contributed by atoms with Gasteiger partial charge in [-0.05, 0) is 44.0 Å². The van der Waals surface area contributed by atoms with E-state index in [2.05, 4.69) is 31.9 Å². The fraction of sp³-hybridized carbons (Fsp3) is 0. The zero-order valence-corrected chi connectivity index (χ0v) is 9.75. The van der Waals surface area contributed by atoms with Gasteiger partial charge in [0.15, 0.2) is 0 Å². The molecule has 12 heavy (non-hydrogen) atoms. The van der Waals surface area contributed by atoms with Crippen LogP contribution in [0.3, 0.4) is 0 Å². The Labute approximate surface area is 91.7 Å². The van der Waals surface area contributed by atoms with Crippen molar-refractivity contribution in [3.8, 4) is 0 Å². The number of benzene rings is 1. The largest absolute Gasteiger partial charge is 0.205 e. The van der Waals surface area contributed by atoms with E-state index in [1.807, 2.05) is 0 Å². The summed E-state index contributed by atoms with van der Waals surface area (Å²) < 4.78 is 13.8. The topological polar surface area (TPSA) is 0 Å². The number of hydrogen-bond donors (Lipinski definition) is 0. The Hall–Kier alpha value is 0.140. The molecular weight excluding hydrogens is 310 g/mol. The van der Waals surface area contributed by atoms with E-state index < -0.39 is 5.82 Å². The molecule has 0 radical (unpaired) electrons. The minimum atomic E-state index is -0.407. The van der Waals surface area contributed by atoms with Crippen LogP contribution in [0.5, 0.6) is 0 Å². The Morgan fingerprint density at radius 2 is 2.08 bits per heavy atom. The Bertz CT molecular complexity index is 319. The minimum absolute atomic E-state index is 0.130. The van der Waals surface area contributed by atoms with Crippen molar-refractivity contribution >= 4 is 49.5 Å². The van der Waals surface area contributed by atoms with Gasteiger partial charge < -0.3 is 0 Å². The third kappa shape index (κ3) is 2.57. The van der Waals surface area contributed by atoms with E-state index in [4.69, 9.17) is 11.6 Å². The van der Waals surface area contributed by atoms with Gasteiger partial charge in [-0.3, -0.25) is 0 Å². The van der Waals surface area contributed by atoms with Crippen LogP contribution in [-0.4, -0.2) is 0 Å². The van der Waals surface area contributed by atoms with E-state index in [1.165, 1.54) is 6.07 Å². The van der Waals surface area contributed by atoms with E-state index >= 15 is 0 Å². The molecule has 1 aromatic rings. The fourth-order valence-corrected chi connectivity index (χ4v) is 1.42. The summed E-state index contributed by atoms with van der Waals surface area (Å²) >= 11 is 11.8. The van der Waals surface area contributed by atoms with E-state index in [1.54, 1.807) is 18.2 Å². The highest BCUT2D eigenvalue weighted by atomic mass is 79.9. The third-order valence-electron chi connectivity index (χ3n) is 1.25. The minimum Gasteiger partial charge on any atom is -0.205 e. The molecule has 0 aliphatic rings. The predicted molar refractivity (Wildman–Crippen MR) is 57.2 cm³/mol. The summed E-state index contributed by atoms with van der Waals surface area (Å²) in [6, 6.07) is 4.85. The Kier molecular flexibility index (Phi) is 3.75. The van der Waals surface area contributed by atoms with Crippen molar-refractivity contribution < 1.29 is 4.39 Å². The standard InChI is InChI=1S/C8H4Br2ClF/c9-7(10)4-5-2-1-3-6(11)8(5)12/h1-4H. The second kappa shape index (κ2) is 4.40. The molecule has 0 saturated carbocycles. The zero-order valence-electron chi connectivity index (χ0n) is 5.82. The van der Waals surface area contributed by atoms with Crippen LogP contribution in [0.25, 0.3) is 6.08 Å². The molecule has 0 aliphatic carbocycles. The van der Waals surface area contributed by atoms with Crippen molar-refractivity contribution in [3.63, 3.8) is 0 Å². The summed E-state index contributed by atoms with van der Waals surface area (Å²) in [6.45, 7) is 0. The van der Waals surface area contributed by atoms with Gasteiger partial charge in [-0.15, -0.1) is 0 Å². The van der Waals surface area contributed by atoms with E-state index in [9.17, 15) is 4.39 Å². The molecule has 0 fully saturated rings. The molecule has 0 N–H and O–H groups in total. The van der Waals surface area contributed by atoms with Crippen molar-refractivity contribution in [3.05, 3.63) is 38.0 Å². The van der Waals surface area contributed by atoms with Gasteiger partial charge in [0.2, 0.25) is 0 Å². The Balaban J connectivity index is 3.17. The SMILES string of the molecule is Fc1c(Cl)cccc1C=C(Br)Br. The van der Waals surface area contributed by atoms with Crippen molar-refractivity contribution in [2.24, 2.45) is 0 Å². The maximum atomic E-state index is 13.1. The van der Waals surface area contributed by atoms with Crippen LogP contribution in [-0.2, 0) is 0 Å². The first-order valence-electron chi connectivity index (χ1n) is 3.08. The van der Waals surface area contributed by atoms with Gasteiger partial charge in [-0.2, -0.15) is 0 Å². The lowest BCUT2D eigenvalue weighted by Crippen LogP contribution is -1.81. The van der Waals surface area contributed by atoms with Gasteiger partial charge in [0.05, 0.1) is 8.41 Å². The maximum Gasteiger partial charge on any atom is 0.149 e. The second-order valence-corrected chi connectivity index (χ2v) is 5.26. The number of halogens is 4. The van der Waals surface area contributed by atoms with Crippen LogP contribution in [0.15, 0.2) is 21.6 Å². The highest BCUT2D eigenvalue weighted by Gasteiger charge is 2.02. The van der Waals surface area contributed by atoms with Crippen LogP contribution in [0.2, 0.25) is 5.02 Å². The Morgan fingerprint density at radius 1 is 1.42 bits per heavy atom. The summed E-state index contributed by atoms with van der Waals surface area (Å²) in [5.74, 6) is -0.407. The zero-order chi connectivity index (χ0) is 9.14. The molecule has 0 unspecified atom stereocenters. The molecule has 0 heterocycles. The lowest BCUT2D eigenvalue weighted by molar-refractivity contribution is 0.625. The molecule has 1 rings (SSSR count). The number of hydrogen-bond acceptors (Lipinski definition) is 0. The van der Waals surface area contributed by atoms with Gasteiger partial charge in [0.25, 0.3) is 0 Å². The van der Waals surface area contributed by atoms with Gasteiger partial charge in [-0.1, -0.05) is 23.7 Å². The van der Waals surface area contributed by atoms with Crippen LogP contribution in [0.1, 0.15) is 5.56 Å². The van der Waals surface area contributed by atoms with Crippen LogP contribution in [0.4, 0.5) is 4.39 Å². The molecule has 1 aromatic carbocycles.